The molecule has 0 bridgehead atoms. The van der Waals surface area contributed by atoms with Crippen LogP contribution in [0.2, 0.25) is 0 Å². The van der Waals surface area contributed by atoms with Crippen molar-refractivity contribution in [3.05, 3.63) is 65.5 Å². The van der Waals surface area contributed by atoms with Gasteiger partial charge in [-0.1, -0.05) is 12.1 Å². The smallest absolute Gasteiger partial charge is 0.244 e. The van der Waals surface area contributed by atoms with E-state index in [1.165, 1.54) is 12.1 Å². The number of amides is 1. The van der Waals surface area contributed by atoms with Crippen LogP contribution in [-0.4, -0.2) is 43.1 Å². The summed E-state index contributed by atoms with van der Waals surface area (Å²) in [6, 6.07) is 15.4. The van der Waals surface area contributed by atoms with Gasteiger partial charge in [-0.05, 0) is 48.4 Å². The number of nitriles is 1. The van der Waals surface area contributed by atoms with Gasteiger partial charge in [-0.2, -0.15) is 5.26 Å². The molecule has 2 atom stereocenters. The zero-order chi connectivity index (χ0) is 18.8. The Morgan fingerprint density at radius 1 is 1.07 bits per heavy atom. The van der Waals surface area contributed by atoms with E-state index in [9.17, 15) is 9.18 Å². The number of morpholine rings is 1. The number of halogens is 1. The molecule has 0 N–H and O–H groups in total. The maximum Gasteiger partial charge on any atom is 0.244 e. The van der Waals surface area contributed by atoms with Crippen molar-refractivity contribution < 1.29 is 13.9 Å². The monoisotopic (exact) mass is 365 g/mol. The molecule has 2 aliphatic rings. The normalized spacial score (nSPS) is 23.4. The van der Waals surface area contributed by atoms with E-state index in [-0.39, 0.29) is 23.9 Å². The number of carbonyl (C=O) groups excluding carboxylic acids is 1. The van der Waals surface area contributed by atoms with Crippen molar-refractivity contribution in [2.45, 2.75) is 18.6 Å². The summed E-state index contributed by atoms with van der Waals surface area (Å²) in [5.41, 5.74) is 2.33. The van der Waals surface area contributed by atoms with Crippen LogP contribution in [0.4, 0.5) is 10.1 Å². The Hall–Kier alpha value is -2.75. The summed E-state index contributed by atoms with van der Waals surface area (Å²) in [5, 5.41) is 8.92. The van der Waals surface area contributed by atoms with Crippen LogP contribution < -0.4 is 4.90 Å². The van der Waals surface area contributed by atoms with Crippen molar-refractivity contribution in [1.82, 2.24) is 4.90 Å². The molecule has 6 heteroatoms. The Labute approximate surface area is 157 Å². The highest BCUT2D eigenvalue weighted by atomic mass is 19.1. The van der Waals surface area contributed by atoms with Gasteiger partial charge >= 0.3 is 0 Å². The van der Waals surface area contributed by atoms with Crippen LogP contribution in [0.1, 0.15) is 23.7 Å². The lowest BCUT2D eigenvalue weighted by Crippen LogP contribution is -2.48. The zero-order valence-corrected chi connectivity index (χ0v) is 14.8. The van der Waals surface area contributed by atoms with Crippen LogP contribution in [0.5, 0.6) is 0 Å². The highest BCUT2D eigenvalue weighted by Gasteiger charge is 2.38. The van der Waals surface area contributed by atoms with Gasteiger partial charge in [-0.25, -0.2) is 4.39 Å². The first kappa shape index (κ1) is 17.7. The Kier molecular flexibility index (Phi) is 4.88. The lowest BCUT2D eigenvalue weighted by molar-refractivity contribution is -0.125. The molecule has 27 heavy (non-hydrogen) atoms. The molecule has 5 nitrogen and oxygen atoms in total. The van der Waals surface area contributed by atoms with E-state index in [4.69, 9.17) is 10.00 Å². The number of hydrogen-bond acceptors (Lipinski definition) is 4. The molecule has 2 aromatic rings. The standard InChI is InChI=1S/C21H20FN3O2/c22-17-5-3-16(4-6-17)20-14-24(11-12-27-20)19-9-10-25(21(19)26)18-7-1-15(13-23)2-8-18/h1-8,19-20H,9-12,14H2/t19-,20+/m0/s1. The maximum absolute atomic E-state index is 13.2. The summed E-state index contributed by atoms with van der Waals surface area (Å²) < 4.78 is 19.0. The molecule has 0 radical (unpaired) electrons. The fraction of sp³-hybridized carbons (Fsp3) is 0.333. The average Bonchev–Trinajstić information content (AvgIpc) is 3.10. The number of hydrogen-bond donors (Lipinski definition) is 0. The van der Waals surface area contributed by atoms with Gasteiger partial charge in [0.2, 0.25) is 5.91 Å². The summed E-state index contributed by atoms with van der Waals surface area (Å²) in [4.78, 5) is 16.9. The van der Waals surface area contributed by atoms with Gasteiger partial charge in [0.25, 0.3) is 0 Å². The molecule has 0 saturated carbocycles. The molecule has 1 amide bonds. The zero-order valence-electron chi connectivity index (χ0n) is 14.8. The average molecular weight is 365 g/mol. The number of rotatable bonds is 3. The van der Waals surface area contributed by atoms with Crippen molar-refractivity contribution >= 4 is 11.6 Å². The van der Waals surface area contributed by atoms with Crippen LogP contribution in [0.25, 0.3) is 0 Å². The van der Waals surface area contributed by atoms with Crippen molar-refractivity contribution in [1.29, 1.82) is 5.26 Å². The van der Waals surface area contributed by atoms with Gasteiger partial charge in [0.05, 0.1) is 30.4 Å². The summed E-state index contributed by atoms with van der Waals surface area (Å²) >= 11 is 0. The van der Waals surface area contributed by atoms with E-state index in [1.54, 1.807) is 29.2 Å². The molecule has 0 unspecified atom stereocenters. The second-order valence-corrected chi connectivity index (χ2v) is 6.86. The minimum absolute atomic E-state index is 0.0828. The van der Waals surface area contributed by atoms with Crippen LogP contribution in [0, 0.1) is 17.1 Å². The molecule has 2 saturated heterocycles. The van der Waals surface area contributed by atoms with E-state index in [0.717, 1.165) is 17.7 Å². The summed E-state index contributed by atoms with van der Waals surface area (Å²) in [6.07, 6.45) is 0.603. The minimum Gasteiger partial charge on any atom is -0.371 e. The molecule has 0 aliphatic carbocycles. The molecule has 2 aromatic carbocycles. The third-order valence-corrected chi connectivity index (χ3v) is 5.27. The quantitative estimate of drug-likeness (QED) is 0.839. The fourth-order valence-corrected chi connectivity index (χ4v) is 3.81. The highest BCUT2D eigenvalue weighted by molar-refractivity contribution is 5.99. The van der Waals surface area contributed by atoms with Crippen LogP contribution in [0.3, 0.4) is 0 Å². The fourth-order valence-electron chi connectivity index (χ4n) is 3.81. The van der Waals surface area contributed by atoms with E-state index < -0.39 is 0 Å². The SMILES string of the molecule is N#Cc1ccc(N2CC[C@H](N3CCO[C@@H](c4ccc(F)cc4)C3)C2=O)cc1. The molecule has 2 aliphatic heterocycles. The van der Waals surface area contributed by atoms with E-state index in [2.05, 4.69) is 11.0 Å². The maximum atomic E-state index is 13.2. The van der Waals surface area contributed by atoms with Gasteiger partial charge in [-0.15, -0.1) is 0 Å². The molecule has 4 rings (SSSR count). The third-order valence-electron chi connectivity index (χ3n) is 5.27. The van der Waals surface area contributed by atoms with Crippen molar-refractivity contribution in [2.75, 3.05) is 31.1 Å². The Balaban J connectivity index is 1.46. The molecule has 0 aromatic heterocycles. The molecule has 2 heterocycles. The molecule has 2 fully saturated rings. The predicted octanol–water partition coefficient (Wildman–Crippen LogP) is 2.88. The lowest BCUT2D eigenvalue weighted by atomic mass is 10.1. The first-order chi connectivity index (χ1) is 13.2. The molecular weight excluding hydrogens is 345 g/mol. The van der Waals surface area contributed by atoms with Gasteiger partial charge < -0.3 is 9.64 Å². The number of benzene rings is 2. The highest BCUT2D eigenvalue weighted by Crippen LogP contribution is 2.29. The van der Waals surface area contributed by atoms with E-state index in [0.29, 0.717) is 31.8 Å². The predicted molar refractivity (Wildman–Crippen MR) is 98.6 cm³/mol. The number of ether oxygens (including phenoxy) is 1. The molecule has 138 valence electrons. The second kappa shape index (κ2) is 7.47. The minimum atomic E-state index is -0.268. The van der Waals surface area contributed by atoms with Gasteiger partial charge in [0, 0.05) is 25.3 Å². The van der Waals surface area contributed by atoms with Gasteiger partial charge in [0.1, 0.15) is 5.82 Å². The van der Waals surface area contributed by atoms with E-state index in [1.807, 2.05) is 12.1 Å². The summed E-state index contributed by atoms with van der Waals surface area (Å²) in [7, 11) is 0. The largest absolute Gasteiger partial charge is 0.371 e. The Morgan fingerprint density at radius 3 is 2.52 bits per heavy atom. The lowest BCUT2D eigenvalue weighted by Gasteiger charge is -2.36. The Morgan fingerprint density at radius 2 is 1.81 bits per heavy atom. The first-order valence-electron chi connectivity index (χ1n) is 9.08. The Bertz CT molecular complexity index is 860. The second-order valence-electron chi connectivity index (χ2n) is 6.86. The van der Waals surface area contributed by atoms with Gasteiger partial charge in [0.15, 0.2) is 0 Å². The van der Waals surface area contributed by atoms with Crippen molar-refractivity contribution in [2.24, 2.45) is 0 Å². The van der Waals surface area contributed by atoms with Crippen LogP contribution in [0.15, 0.2) is 48.5 Å². The number of carbonyl (C=O) groups is 1. The number of nitrogens with zero attached hydrogens (tertiary/aromatic N) is 3. The number of anilines is 1. The summed E-state index contributed by atoms with van der Waals surface area (Å²) in [6.45, 7) is 2.52. The van der Waals surface area contributed by atoms with Gasteiger partial charge in [-0.3, -0.25) is 9.69 Å². The van der Waals surface area contributed by atoms with E-state index >= 15 is 0 Å². The van der Waals surface area contributed by atoms with Crippen LogP contribution in [-0.2, 0) is 9.53 Å². The van der Waals surface area contributed by atoms with Crippen LogP contribution >= 0.6 is 0 Å². The topological polar surface area (TPSA) is 56.6 Å². The van der Waals surface area contributed by atoms with Crippen molar-refractivity contribution in [3.8, 4) is 6.07 Å². The first-order valence-corrected chi connectivity index (χ1v) is 9.08. The molecule has 0 spiro atoms. The van der Waals surface area contributed by atoms with Crippen molar-refractivity contribution in [3.63, 3.8) is 0 Å². The molecular formula is C21H20FN3O2. The summed E-state index contributed by atoms with van der Waals surface area (Å²) in [5.74, 6) is -0.185. The third kappa shape index (κ3) is 3.57.